The van der Waals surface area contributed by atoms with Crippen LogP contribution in [0.15, 0.2) is 35.3 Å². The molecule has 0 bridgehead atoms. The SMILES string of the molecule is COC(=O)[C@H]1CCCN1C(=O)c1c(C)ccn(-c2ccc3c(c2)OCO3)c1=O. The summed E-state index contributed by atoms with van der Waals surface area (Å²) in [6, 6.07) is 6.20. The third-order valence-electron chi connectivity index (χ3n) is 5.14. The Labute approximate surface area is 161 Å². The molecule has 3 heterocycles. The summed E-state index contributed by atoms with van der Waals surface area (Å²) >= 11 is 0. The van der Waals surface area contributed by atoms with Gasteiger partial charge in [-0.1, -0.05) is 0 Å². The lowest BCUT2D eigenvalue weighted by molar-refractivity contribution is -0.145. The van der Waals surface area contributed by atoms with Crippen molar-refractivity contribution in [1.29, 1.82) is 0 Å². The van der Waals surface area contributed by atoms with E-state index in [9.17, 15) is 14.4 Å². The third kappa shape index (κ3) is 2.90. The van der Waals surface area contributed by atoms with Gasteiger partial charge in [-0.2, -0.15) is 0 Å². The number of nitrogens with zero attached hydrogens (tertiary/aromatic N) is 2. The van der Waals surface area contributed by atoms with E-state index in [1.165, 1.54) is 16.6 Å². The van der Waals surface area contributed by atoms with E-state index in [1.54, 1.807) is 37.4 Å². The smallest absolute Gasteiger partial charge is 0.328 e. The van der Waals surface area contributed by atoms with Crippen LogP contribution in [-0.2, 0) is 9.53 Å². The van der Waals surface area contributed by atoms with Gasteiger partial charge in [-0.05, 0) is 43.5 Å². The molecular weight excluding hydrogens is 364 g/mol. The molecule has 0 spiro atoms. The number of aromatic nitrogens is 1. The van der Waals surface area contributed by atoms with Crippen LogP contribution in [0, 0.1) is 6.92 Å². The zero-order valence-electron chi connectivity index (χ0n) is 15.6. The Morgan fingerprint density at radius 3 is 2.75 bits per heavy atom. The molecule has 0 unspecified atom stereocenters. The second-order valence-electron chi connectivity index (χ2n) is 6.77. The van der Waals surface area contributed by atoms with Crippen LogP contribution in [0.2, 0.25) is 0 Å². The number of carbonyl (C=O) groups excluding carboxylic acids is 2. The van der Waals surface area contributed by atoms with Crippen LogP contribution >= 0.6 is 0 Å². The Morgan fingerprint density at radius 1 is 1.18 bits per heavy atom. The quantitative estimate of drug-likeness (QED) is 0.748. The number of pyridine rings is 1. The van der Waals surface area contributed by atoms with Gasteiger partial charge in [-0.3, -0.25) is 14.2 Å². The van der Waals surface area contributed by atoms with Crippen LogP contribution in [-0.4, -0.2) is 47.8 Å². The topological polar surface area (TPSA) is 87.1 Å². The summed E-state index contributed by atoms with van der Waals surface area (Å²) in [5.41, 5.74) is 0.729. The molecular formula is C20H20N2O6. The largest absolute Gasteiger partial charge is 0.467 e. The van der Waals surface area contributed by atoms with Gasteiger partial charge in [0.15, 0.2) is 11.5 Å². The standard InChI is InChI=1S/C20H20N2O6/c1-12-7-9-21(13-5-6-15-16(10-13)28-11-27-15)18(23)17(12)19(24)22-8-3-4-14(22)20(25)26-2/h5-7,9-10,14H,3-4,8,11H2,1-2H3/t14-/m1/s1. The van der Waals surface area contributed by atoms with Crippen molar-refractivity contribution >= 4 is 11.9 Å². The van der Waals surface area contributed by atoms with Crippen molar-refractivity contribution in [3.8, 4) is 17.2 Å². The molecule has 1 saturated heterocycles. The average molecular weight is 384 g/mol. The maximum atomic E-state index is 13.2. The van der Waals surface area contributed by atoms with E-state index >= 15 is 0 Å². The van der Waals surface area contributed by atoms with E-state index < -0.39 is 23.5 Å². The Hall–Kier alpha value is -3.29. The number of benzene rings is 1. The normalized spacial score (nSPS) is 17.6. The molecule has 8 nitrogen and oxygen atoms in total. The second-order valence-corrected chi connectivity index (χ2v) is 6.77. The number of aryl methyl sites for hydroxylation is 1. The first-order valence-corrected chi connectivity index (χ1v) is 9.02. The summed E-state index contributed by atoms with van der Waals surface area (Å²) in [5, 5.41) is 0. The number of ether oxygens (including phenoxy) is 3. The lowest BCUT2D eigenvalue weighted by Crippen LogP contribution is -2.43. The number of hydrogen-bond acceptors (Lipinski definition) is 6. The third-order valence-corrected chi connectivity index (χ3v) is 5.14. The van der Waals surface area contributed by atoms with Crippen LogP contribution in [0.3, 0.4) is 0 Å². The lowest BCUT2D eigenvalue weighted by Gasteiger charge is -2.23. The molecule has 2 aromatic rings. The average Bonchev–Trinajstić information content (AvgIpc) is 3.36. The number of carbonyl (C=O) groups is 2. The molecule has 2 aliphatic heterocycles. The fourth-order valence-corrected chi connectivity index (χ4v) is 3.66. The van der Waals surface area contributed by atoms with Gasteiger partial charge >= 0.3 is 5.97 Å². The lowest BCUT2D eigenvalue weighted by atomic mass is 10.1. The number of methoxy groups -OCH3 is 1. The number of likely N-dealkylation sites (tertiary alicyclic amines) is 1. The molecule has 0 radical (unpaired) electrons. The van der Waals surface area contributed by atoms with Crippen molar-refractivity contribution in [1.82, 2.24) is 9.47 Å². The summed E-state index contributed by atoms with van der Waals surface area (Å²) in [4.78, 5) is 39.7. The predicted octanol–water partition coefficient (Wildman–Crippen LogP) is 1.65. The Kier molecular flexibility index (Phi) is 4.54. The molecule has 4 rings (SSSR count). The molecule has 2 aliphatic rings. The van der Waals surface area contributed by atoms with E-state index in [4.69, 9.17) is 14.2 Å². The van der Waals surface area contributed by atoms with Gasteiger partial charge in [0, 0.05) is 18.8 Å². The molecule has 1 fully saturated rings. The van der Waals surface area contributed by atoms with E-state index in [0.717, 1.165) is 0 Å². The zero-order valence-corrected chi connectivity index (χ0v) is 15.6. The monoisotopic (exact) mass is 384 g/mol. The minimum absolute atomic E-state index is 0.0518. The molecule has 1 atom stereocenters. The first kappa shape index (κ1) is 18.1. The minimum atomic E-state index is -0.657. The summed E-state index contributed by atoms with van der Waals surface area (Å²) < 4.78 is 16.9. The van der Waals surface area contributed by atoms with Crippen LogP contribution < -0.4 is 15.0 Å². The van der Waals surface area contributed by atoms with Gasteiger partial charge in [-0.15, -0.1) is 0 Å². The van der Waals surface area contributed by atoms with Crippen LogP contribution in [0.25, 0.3) is 5.69 Å². The number of amides is 1. The van der Waals surface area contributed by atoms with Crippen molar-refractivity contribution in [3.05, 3.63) is 51.9 Å². The summed E-state index contributed by atoms with van der Waals surface area (Å²) in [7, 11) is 1.30. The number of hydrogen-bond donors (Lipinski definition) is 0. The zero-order chi connectivity index (χ0) is 19.8. The number of fused-ring (bicyclic) bond motifs is 1. The van der Waals surface area contributed by atoms with Gasteiger partial charge in [0.1, 0.15) is 11.6 Å². The predicted molar refractivity (Wildman–Crippen MR) is 99.0 cm³/mol. The molecule has 1 aromatic heterocycles. The number of rotatable bonds is 3. The number of esters is 1. The van der Waals surface area contributed by atoms with Gasteiger partial charge in [0.05, 0.1) is 12.8 Å². The van der Waals surface area contributed by atoms with E-state index in [1.807, 2.05) is 0 Å². The van der Waals surface area contributed by atoms with Crippen molar-refractivity contribution < 1.29 is 23.8 Å². The molecule has 1 aromatic carbocycles. The van der Waals surface area contributed by atoms with Crippen molar-refractivity contribution in [2.24, 2.45) is 0 Å². The van der Waals surface area contributed by atoms with Crippen LogP contribution in [0.1, 0.15) is 28.8 Å². The Morgan fingerprint density at radius 2 is 1.96 bits per heavy atom. The molecule has 8 heteroatoms. The maximum absolute atomic E-state index is 13.2. The molecule has 0 saturated carbocycles. The first-order valence-electron chi connectivity index (χ1n) is 9.02. The highest BCUT2D eigenvalue weighted by atomic mass is 16.7. The van der Waals surface area contributed by atoms with Gasteiger partial charge < -0.3 is 19.1 Å². The molecule has 146 valence electrons. The van der Waals surface area contributed by atoms with Crippen molar-refractivity contribution in [2.45, 2.75) is 25.8 Å². The minimum Gasteiger partial charge on any atom is -0.467 e. The summed E-state index contributed by atoms with van der Waals surface area (Å²) in [6.45, 7) is 2.26. The highest BCUT2D eigenvalue weighted by molar-refractivity contribution is 5.98. The van der Waals surface area contributed by atoms with Crippen LogP contribution in [0.4, 0.5) is 0 Å². The Bertz CT molecular complexity index is 1010. The summed E-state index contributed by atoms with van der Waals surface area (Å²) in [6.07, 6.45) is 2.84. The van der Waals surface area contributed by atoms with Crippen molar-refractivity contribution in [2.75, 3.05) is 20.4 Å². The summed E-state index contributed by atoms with van der Waals surface area (Å²) in [5.74, 6) is 0.238. The van der Waals surface area contributed by atoms with Crippen molar-refractivity contribution in [3.63, 3.8) is 0 Å². The van der Waals surface area contributed by atoms with E-state index in [2.05, 4.69) is 0 Å². The van der Waals surface area contributed by atoms with Gasteiger partial charge in [0.2, 0.25) is 6.79 Å². The fraction of sp³-hybridized carbons (Fsp3) is 0.350. The van der Waals surface area contributed by atoms with Crippen LogP contribution in [0.5, 0.6) is 11.5 Å². The molecule has 0 N–H and O–H groups in total. The highest BCUT2D eigenvalue weighted by Crippen LogP contribution is 2.33. The fourth-order valence-electron chi connectivity index (χ4n) is 3.66. The molecule has 28 heavy (non-hydrogen) atoms. The molecule has 1 amide bonds. The second kappa shape index (κ2) is 7.03. The van der Waals surface area contributed by atoms with E-state index in [-0.39, 0.29) is 12.4 Å². The highest BCUT2D eigenvalue weighted by Gasteiger charge is 2.36. The molecule has 0 aliphatic carbocycles. The van der Waals surface area contributed by atoms with Gasteiger partial charge in [-0.25, -0.2) is 4.79 Å². The van der Waals surface area contributed by atoms with E-state index in [0.29, 0.717) is 42.1 Å². The Balaban J connectivity index is 1.74. The maximum Gasteiger partial charge on any atom is 0.328 e. The first-order chi connectivity index (χ1) is 13.5. The van der Waals surface area contributed by atoms with Gasteiger partial charge in [0.25, 0.3) is 11.5 Å².